The van der Waals surface area contributed by atoms with Crippen molar-refractivity contribution < 1.29 is 9.53 Å². The number of hydrogen-bond acceptors (Lipinski definition) is 3. The summed E-state index contributed by atoms with van der Waals surface area (Å²) in [7, 11) is 0. The number of pyridine rings is 1. The standard InChI is InChI=1S/C24H28N2O3/c1-16(2)29-20-10-11-21-17(14-20)12-13-26(23(21)28)15-22(27)25-19-8-6-18(7-9-19)24(3,4)5/h6-14,16H,15H2,1-5H3,(H,25,27). The molecule has 1 aromatic heterocycles. The van der Waals surface area contributed by atoms with Gasteiger partial charge in [-0.05, 0) is 66.6 Å². The zero-order chi connectivity index (χ0) is 21.2. The van der Waals surface area contributed by atoms with Crippen LogP contribution in [0.4, 0.5) is 5.69 Å². The van der Waals surface area contributed by atoms with E-state index in [9.17, 15) is 9.59 Å². The Bertz CT molecular complexity index is 1070. The molecule has 0 aliphatic rings. The highest BCUT2D eigenvalue weighted by Crippen LogP contribution is 2.23. The van der Waals surface area contributed by atoms with Crippen molar-refractivity contribution in [2.75, 3.05) is 5.32 Å². The Morgan fingerprint density at radius 3 is 2.38 bits per heavy atom. The molecule has 0 saturated carbocycles. The molecule has 3 aromatic rings. The van der Waals surface area contributed by atoms with Crippen LogP contribution in [-0.2, 0) is 16.8 Å². The van der Waals surface area contributed by atoms with E-state index in [2.05, 4.69) is 26.1 Å². The lowest BCUT2D eigenvalue weighted by atomic mass is 9.87. The molecule has 1 N–H and O–H groups in total. The second kappa shape index (κ2) is 8.11. The van der Waals surface area contributed by atoms with Crippen molar-refractivity contribution in [2.45, 2.75) is 52.7 Å². The lowest BCUT2D eigenvalue weighted by Gasteiger charge is -2.19. The SMILES string of the molecule is CC(C)Oc1ccc2c(=O)n(CC(=O)Nc3ccc(C(C)(C)C)cc3)ccc2c1. The number of amides is 1. The monoisotopic (exact) mass is 392 g/mol. The van der Waals surface area contributed by atoms with Gasteiger partial charge >= 0.3 is 0 Å². The fourth-order valence-electron chi connectivity index (χ4n) is 3.14. The van der Waals surface area contributed by atoms with Gasteiger partial charge in [-0.15, -0.1) is 0 Å². The van der Waals surface area contributed by atoms with Gasteiger partial charge in [-0.25, -0.2) is 0 Å². The Balaban J connectivity index is 1.74. The van der Waals surface area contributed by atoms with E-state index in [1.165, 1.54) is 10.1 Å². The van der Waals surface area contributed by atoms with Gasteiger partial charge in [0.15, 0.2) is 0 Å². The first kappa shape index (κ1) is 20.6. The average Bonchev–Trinajstić information content (AvgIpc) is 2.63. The van der Waals surface area contributed by atoms with Gasteiger partial charge in [-0.3, -0.25) is 9.59 Å². The normalized spacial score (nSPS) is 11.7. The molecule has 0 radical (unpaired) electrons. The first-order valence-electron chi connectivity index (χ1n) is 9.84. The third-order valence-corrected chi connectivity index (χ3v) is 4.67. The molecule has 0 aliphatic carbocycles. The molecule has 0 aliphatic heterocycles. The van der Waals surface area contributed by atoms with Crippen LogP contribution in [0.25, 0.3) is 10.8 Å². The predicted octanol–water partition coefficient (Wildman–Crippen LogP) is 4.72. The maximum Gasteiger partial charge on any atom is 0.258 e. The van der Waals surface area contributed by atoms with E-state index in [-0.39, 0.29) is 29.5 Å². The second-order valence-electron chi connectivity index (χ2n) is 8.54. The lowest BCUT2D eigenvalue weighted by molar-refractivity contribution is -0.116. The van der Waals surface area contributed by atoms with Crippen LogP contribution in [0.3, 0.4) is 0 Å². The average molecular weight is 392 g/mol. The summed E-state index contributed by atoms with van der Waals surface area (Å²) in [6, 6.07) is 15.0. The van der Waals surface area contributed by atoms with Gasteiger partial charge in [0.2, 0.25) is 5.91 Å². The number of nitrogens with one attached hydrogen (secondary N) is 1. The maximum absolute atomic E-state index is 12.7. The van der Waals surface area contributed by atoms with Crippen molar-refractivity contribution in [3.8, 4) is 5.75 Å². The minimum atomic E-state index is -0.241. The summed E-state index contributed by atoms with van der Waals surface area (Å²) in [5.74, 6) is 0.482. The minimum Gasteiger partial charge on any atom is -0.491 e. The fourth-order valence-corrected chi connectivity index (χ4v) is 3.14. The lowest BCUT2D eigenvalue weighted by Crippen LogP contribution is -2.27. The highest BCUT2D eigenvalue weighted by atomic mass is 16.5. The summed E-state index contributed by atoms with van der Waals surface area (Å²) in [5.41, 5.74) is 1.77. The van der Waals surface area contributed by atoms with Crippen molar-refractivity contribution in [1.29, 1.82) is 0 Å². The molecular formula is C24H28N2O3. The number of carbonyl (C=O) groups excluding carboxylic acids is 1. The van der Waals surface area contributed by atoms with Crippen molar-refractivity contribution in [2.24, 2.45) is 0 Å². The molecule has 0 bridgehead atoms. The van der Waals surface area contributed by atoms with E-state index < -0.39 is 0 Å². The van der Waals surface area contributed by atoms with Gasteiger partial charge in [-0.2, -0.15) is 0 Å². The third-order valence-electron chi connectivity index (χ3n) is 4.67. The third kappa shape index (κ3) is 5.05. The van der Waals surface area contributed by atoms with Crippen LogP contribution in [0.15, 0.2) is 59.5 Å². The quantitative estimate of drug-likeness (QED) is 0.683. The number of hydrogen-bond donors (Lipinski definition) is 1. The molecule has 152 valence electrons. The molecule has 3 rings (SSSR count). The smallest absolute Gasteiger partial charge is 0.258 e. The molecule has 5 nitrogen and oxygen atoms in total. The van der Waals surface area contributed by atoms with Crippen LogP contribution in [0.1, 0.15) is 40.2 Å². The Hall–Kier alpha value is -3.08. The number of nitrogens with zero attached hydrogens (tertiary/aromatic N) is 1. The van der Waals surface area contributed by atoms with E-state index in [0.29, 0.717) is 11.1 Å². The number of rotatable bonds is 5. The molecule has 5 heteroatoms. The number of anilines is 1. The molecule has 0 atom stereocenters. The topological polar surface area (TPSA) is 60.3 Å². The van der Waals surface area contributed by atoms with Crippen molar-refractivity contribution in [3.63, 3.8) is 0 Å². The highest BCUT2D eigenvalue weighted by molar-refractivity contribution is 5.91. The van der Waals surface area contributed by atoms with Gasteiger partial charge in [0.25, 0.3) is 5.56 Å². The van der Waals surface area contributed by atoms with Crippen molar-refractivity contribution >= 4 is 22.4 Å². The summed E-state index contributed by atoms with van der Waals surface area (Å²) in [4.78, 5) is 25.2. The Kier molecular flexibility index (Phi) is 5.78. The number of fused-ring (bicyclic) bond motifs is 1. The maximum atomic E-state index is 12.7. The van der Waals surface area contributed by atoms with Gasteiger partial charge in [0.05, 0.1) is 6.10 Å². The van der Waals surface area contributed by atoms with E-state index in [4.69, 9.17) is 4.74 Å². The van der Waals surface area contributed by atoms with Crippen molar-refractivity contribution in [1.82, 2.24) is 4.57 Å². The van der Waals surface area contributed by atoms with E-state index >= 15 is 0 Å². The molecule has 0 saturated heterocycles. The van der Waals surface area contributed by atoms with Crippen LogP contribution < -0.4 is 15.6 Å². The second-order valence-corrected chi connectivity index (χ2v) is 8.54. The number of benzene rings is 2. The molecular weight excluding hydrogens is 364 g/mol. The summed E-state index contributed by atoms with van der Waals surface area (Å²) < 4.78 is 7.10. The van der Waals surface area contributed by atoms with Crippen LogP contribution >= 0.6 is 0 Å². The van der Waals surface area contributed by atoms with Gasteiger partial charge < -0.3 is 14.6 Å². The minimum absolute atomic E-state index is 0.0416. The number of ether oxygens (including phenoxy) is 1. The largest absolute Gasteiger partial charge is 0.491 e. The summed E-state index contributed by atoms with van der Waals surface area (Å²) in [5, 5.41) is 4.21. The predicted molar refractivity (Wildman–Crippen MR) is 118 cm³/mol. The summed E-state index contributed by atoms with van der Waals surface area (Å²) in [6.07, 6.45) is 1.71. The number of carbonyl (C=O) groups is 1. The van der Waals surface area contributed by atoms with Gasteiger partial charge in [0.1, 0.15) is 12.3 Å². The molecule has 1 heterocycles. The molecule has 0 spiro atoms. The van der Waals surface area contributed by atoms with Crippen LogP contribution in [0, 0.1) is 0 Å². The molecule has 0 fully saturated rings. The van der Waals surface area contributed by atoms with Crippen molar-refractivity contribution in [3.05, 3.63) is 70.6 Å². The van der Waals surface area contributed by atoms with Crippen LogP contribution in [-0.4, -0.2) is 16.6 Å². The first-order valence-corrected chi connectivity index (χ1v) is 9.84. The Labute approximate surface area is 171 Å². The molecule has 1 amide bonds. The first-order chi connectivity index (χ1) is 13.6. The fraction of sp³-hybridized carbons (Fsp3) is 0.333. The van der Waals surface area contributed by atoms with Crippen LogP contribution in [0.2, 0.25) is 0 Å². The molecule has 29 heavy (non-hydrogen) atoms. The van der Waals surface area contributed by atoms with E-state index in [1.807, 2.05) is 50.2 Å². The van der Waals surface area contributed by atoms with E-state index in [1.54, 1.807) is 18.3 Å². The van der Waals surface area contributed by atoms with E-state index in [0.717, 1.165) is 11.1 Å². The zero-order valence-corrected chi connectivity index (χ0v) is 17.7. The summed E-state index contributed by atoms with van der Waals surface area (Å²) in [6.45, 7) is 10.3. The Morgan fingerprint density at radius 2 is 1.76 bits per heavy atom. The Morgan fingerprint density at radius 1 is 1.07 bits per heavy atom. The van der Waals surface area contributed by atoms with Gasteiger partial charge in [0, 0.05) is 17.3 Å². The number of aromatic nitrogens is 1. The molecule has 0 unspecified atom stereocenters. The molecule has 2 aromatic carbocycles. The van der Waals surface area contributed by atoms with Gasteiger partial charge in [-0.1, -0.05) is 32.9 Å². The zero-order valence-electron chi connectivity index (χ0n) is 17.7. The highest BCUT2D eigenvalue weighted by Gasteiger charge is 2.13. The summed E-state index contributed by atoms with van der Waals surface area (Å²) >= 11 is 0. The van der Waals surface area contributed by atoms with Crippen LogP contribution in [0.5, 0.6) is 5.75 Å².